The molecule has 8 nitrogen and oxygen atoms in total. The Balaban J connectivity index is 1.31. The first-order chi connectivity index (χ1) is 17.3. The van der Waals surface area contributed by atoms with Crippen LogP contribution in [-0.2, 0) is 6.54 Å². The minimum atomic E-state index is -0.672. The zero-order valence-electron chi connectivity index (χ0n) is 19.7. The second-order valence-electron chi connectivity index (χ2n) is 9.02. The Morgan fingerprint density at radius 3 is 2.61 bits per heavy atom. The first-order valence-electron chi connectivity index (χ1n) is 11.8. The van der Waals surface area contributed by atoms with Crippen LogP contribution in [0.15, 0.2) is 48.6 Å². The van der Waals surface area contributed by atoms with Gasteiger partial charge in [-0.1, -0.05) is 18.2 Å². The van der Waals surface area contributed by atoms with Crippen LogP contribution in [0.5, 0.6) is 0 Å². The van der Waals surface area contributed by atoms with Gasteiger partial charge in [0.25, 0.3) is 5.91 Å². The van der Waals surface area contributed by atoms with Crippen molar-refractivity contribution in [2.24, 2.45) is 0 Å². The summed E-state index contributed by atoms with van der Waals surface area (Å²) in [6, 6.07) is 7.92. The molecule has 1 spiro atoms. The van der Waals surface area contributed by atoms with Crippen molar-refractivity contribution in [2.75, 3.05) is 31.6 Å². The van der Waals surface area contributed by atoms with Gasteiger partial charge < -0.3 is 26.0 Å². The molecule has 0 atom stereocenters. The Hall–Kier alpha value is -3.79. The number of urea groups is 1. The smallest absolute Gasteiger partial charge is 0.317 e. The van der Waals surface area contributed by atoms with E-state index in [-0.39, 0.29) is 43.5 Å². The quantitative estimate of drug-likeness (QED) is 0.458. The van der Waals surface area contributed by atoms with Gasteiger partial charge in [0.1, 0.15) is 11.6 Å². The fourth-order valence-corrected chi connectivity index (χ4v) is 4.58. The van der Waals surface area contributed by atoms with E-state index in [4.69, 9.17) is 5.11 Å². The van der Waals surface area contributed by atoms with Gasteiger partial charge >= 0.3 is 6.03 Å². The van der Waals surface area contributed by atoms with E-state index in [1.807, 2.05) is 0 Å². The maximum atomic E-state index is 14.1. The van der Waals surface area contributed by atoms with Crippen LogP contribution in [0.25, 0.3) is 0 Å². The third-order valence-corrected chi connectivity index (χ3v) is 6.56. The summed E-state index contributed by atoms with van der Waals surface area (Å²) in [5.41, 5.74) is 0.940. The number of carbonyl (C=O) groups excluding carboxylic acids is 3. The van der Waals surface area contributed by atoms with Gasteiger partial charge in [0.05, 0.1) is 12.2 Å². The van der Waals surface area contributed by atoms with Crippen LogP contribution < -0.4 is 16.0 Å². The summed E-state index contributed by atoms with van der Waals surface area (Å²) < 4.78 is 27.7. The normalized spacial score (nSPS) is 16.5. The van der Waals surface area contributed by atoms with Crippen molar-refractivity contribution in [3.63, 3.8) is 0 Å². The molecule has 190 valence electrons. The van der Waals surface area contributed by atoms with Crippen LogP contribution in [0.2, 0.25) is 0 Å². The number of Topliss-reactive ketones (excluding diaryl/α,β-unsaturated/α-hetero) is 1. The number of nitrogens with one attached hydrogen (secondary N) is 3. The third-order valence-electron chi connectivity index (χ3n) is 6.56. The molecule has 0 aliphatic carbocycles. The van der Waals surface area contributed by atoms with E-state index < -0.39 is 23.1 Å². The average Bonchev–Trinajstić information content (AvgIpc) is 2.87. The van der Waals surface area contributed by atoms with E-state index in [2.05, 4.69) is 16.0 Å². The second kappa shape index (κ2) is 10.9. The molecule has 2 aliphatic heterocycles. The van der Waals surface area contributed by atoms with E-state index in [1.54, 1.807) is 17.0 Å². The first-order valence-corrected chi connectivity index (χ1v) is 11.8. The molecular weight excluding hydrogens is 470 g/mol. The lowest BCUT2D eigenvalue weighted by molar-refractivity contribution is 0.0913. The number of likely N-dealkylation sites (tertiary alicyclic amines) is 1. The zero-order valence-corrected chi connectivity index (χ0v) is 19.7. The average molecular weight is 499 g/mol. The zero-order chi connectivity index (χ0) is 25.7. The van der Waals surface area contributed by atoms with Gasteiger partial charge in [-0.05, 0) is 48.7 Å². The van der Waals surface area contributed by atoms with Gasteiger partial charge in [-0.2, -0.15) is 0 Å². The summed E-state index contributed by atoms with van der Waals surface area (Å²) in [7, 11) is 0. The van der Waals surface area contributed by atoms with Crippen molar-refractivity contribution in [1.82, 2.24) is 15.5 Å². The summed E-state index contributed by atoms with van der Waals surface area (Å²) in [6.07, 6.45) is 4.39. The number of piperidine rings is 1. The van der Waals surface area contributed by atoms with Crippen LogP contribution in [0.4, 0.5) is 19.3 Å². The molecule has 2 heterocycles. The molecule has 0 radical (unpaired) electrons. The predicted molar refractivity (Wildman–Crippen MR) is 130 cm³/mol. The molecule has 4 N–H and O–H groups in total. The van der Waals surface area contributed by atoms with Crippen LogP contribution in [-0.4, -0.2) is 59.5 Å². The number of fused-ring (bicyclic) bond motifs is 1. The molecule has 4 rings (SSSR count). The largest absolute Gasteiger partial charge is 0.392 e. The van der Waals surface area contributed by atoms with Crippen molar-refractivity contribution >= 4 is 23.4 Å². The summed E-state index contributed by atoms with van der Waals surface area (Å²) in [4.78, 5) is 39.2. The molecule has 2 aliphatic rings. The second-order valence-corrected chi connectivity index (χ2v) is 9.02. The highest BCUT2D eigenvalue weighted by molar-refractivity contribution is 6.04. The molecular formula is C26H28F2N4O4. The molecule has 3 amide bonds. The fraction of sp³-hybridized carbons (Fsp3) is 0.346. The molecule has 0 unspecified atom stereocenters. The van der Waals surface area contributed by atoms with Crippen molar-refractivity contribution in [1.29, 1.82) is 0 Å². The maximum Gasteiger partial charge on any atom is 0.317 e. The topological polar surface area (TPSA) is 111 Å². The number of hydrogen-bond donors (Lipinski definition) is 4. The van der Waals surface area contributed by atoms with Gasteiger partial charge in [0.15, 0.2) is 5.78 Å². The number of carbonyl (C=O) groups is 3. The Kier molecular flexibility index (Phi) is 7.64. The fourth-order valence-electron chi connectivity index (χ4n) is 4.58. The summed E-state index contributed by atoms with van der Waals surface area (Å²) >= 11 is 0. The lowest BCUT2D eigenvalue weighted by Crippen LogP contribution is -2.55. The minimum Gasteiger partial charge on any atom is -0.392 e. The Morgan fingerprint density at radius 1 is 1.08 bits per heavy atom. The van der Waals surface area contributed by atoms with Crippen LogP contribution >= 0.6 is 0 Å². The summed E-state index contributed by atoms with van der Waals surface area (Å²) in [6.45, 7) is 0.976. The molecule has 0 bridgehead atoms. The van der Waals surface area contributed by atoms with Crippen molar-refractivity contribution in [2.45, 2.75) is 31.3 Å². The Labute approximate surface area is 207 Å². The Bertz CT molecular complexity index is 1190. The third kappa shape index (κ3) is 5.71. The molecule has 2 aromatic carbocycles. The lowest BCUT2D eigenvalue weighted by Gasteiger charge is -2.45. The lowest BCUT2D eigenvalue weighted by atomic mass is 9.78. The number of amides is 3. The van der Waals surface area contributed by atoms with Gasteiger partial charge in [-0.15, -0.1) is 0 Å². The number of hydrogen-bond acceptors (Lipinski definition) is 5. The molecule has 0 saturated carbocycles. The molecule has 0 aromatic heterocycles. The molecule has 1 fully saturated rings. The van der Waals surface area contributed by atoms with Crippen LogP contribution in [0.3, 0.4) is 0 Å². The van der Waals surface area contributed by atoms with Gasteiger partial charge in [0, 0.05) is 49.4 Å². The van der Waals surface area contributed by atoms with E-state index in [0.29, 0.717) is 42.7 Å². The van der Waals surface area contributed by atoms with E-state index >= 15 is 0 Å². The van der Waals surface area contributed by atoms with Crippen LogP contribution in [0.1, 0.15) is 45.5 Å². The standard InChI is InChI=1S/C26H28F2N4O4/c27-18-4-6-22-20(14-18)23(34)15-26(31-22)7-10-32(11-8-26)25(36)30-16-17-3-5-21(28)19(13-17)24(35)29-9-1-2-12-33/h1-6,13-14,31,33H,7-12,15-16H2,(H,29,35)(H,30,36)/b2-1+. The van der Waals surface area contributed by atoms with Gasteiger partial charge in [-0.25, -0.2) is 13.6 Å². The van der Waals surface area contributed by atoms with Crippen molar-refractivity contribution < 1.29 is 28.3 Å². The van der Waals surface area contributed by atoms with Crippen molar-refractivity contribution in [3.8, 4) is 0 Å². The highest BCUT2D eigenvalue weighted by Crippen LogP contribution is 2.37. The number of aliphatic hydroxyl groups excluding tert-OH is 1. The number of anilines is 1. The first kappa shape index (κ1) is 25.3. The molecule has 36 heavy (non-hydrogen) atoms. The van der Waals surface area contributed by atoms with E-state index in [9.17, 15) is 23.2 Å². The minimum absolute atomic E-state index is 0.110. The number of aliphatic hydroxyl groups is 1. The van der Waals surface area contributed by atoms with Crippen molar-refractivity contribution in [3.05, 3.63) is 76.9 Å². The van der Waals surface area contributed by atoms with Gasteiger partial charge in [0.2, 0.25) is 0 Å². The van der Waals surface area contributed by atoms with E-state index in [0.717, 1.165) is 0 Å². The maximum absolute atomic E-state index is 14.1. The number of benzene rings is 2. The summed E-state index contributed by atoms with van der Waals surface area (Å²) in [5, 5.41) is 17.5. The van der Waals surface area contributed by atoms with Gasteiger partial charge in [-0.3, -0.25) is 9.59 Å². The number of rotatable bonds is 6. The predicted octanol–water partition coefficient (Wildman–Crippen LogP) is 2.99. The molecule has 10 heteroatoms. The number of halogens is 2. The molecule has 1 saturated heterocycles. The monoisotopic (exact) mass is 498 g/mol. The SMILES string of the molecule is O=C(NC/C=C/CO)c1cc(CNC(=O)N2CCC3(CC2)CC(=O)c2cc(F)ccc2N3)ccc1F. The Morgan fingerprint density at radius 2 is 1.86 bits per heavy atom. The molecule has 2 aromatic rings. The number of nitrogens with zero attached hydrogens (tertiary/aromatic N) is 1. The van der Waals surface area contributed by atoms with E-state index in [1.165, 1.54) is 36.4 Å². The summed E-state index contributed by atoms with van der Waals surface area (Å²) in [5.74, 6) is -1.82. The van der Waals surface area contributed by atoms with Crippen LogP contribution in [0, 0.1) is 11.6 Å². The number of ketones is 1. The highest BCUT2D eigenvalue weighted by atomic mass is 19.1. The highest BCUT2D eigenvalue weighted by Gasteiger charge is 2.41.